The van der Waals surface area contributed by atoms with E-state index < -0.39 is 5.91 Å². The number of aromatic nitrogens is 3. The molecule has 9 heteroatoms. The van der Waals surface area contributed by atoms with Crippen LogP contribution in [-0.2, 0) is 0 Å². The van der Waals surface area contributed by atoms with Gasteiger partial charge >= 0.3 is 0 Å². The van der Waals surface area contributed by atoms with Crippen LogP contribution in [0.5, 0.6) is 17.2 Å². The fourth-order valence-corrected chi connectivity index (χ4v) is 4.19. The predicted molar refractivity (Wildman–Crippen MR) is 143 cm³/mol. The lowest BCUT2D eigenvalue weighted by Crippen LogP contribution is -2.34. The second-order valence-electron chi connectivity index (χ2n) is 8.66. The minimum Gasteiger partial charge on any atom is -0.490 e. The molecule has 6 rings (SSSR count). The summed E-state index contributed by atoms with van der Waals surface area (Å²) < 4.78 is 17.9. The molecule has 5 aromatic rings. The molecule has 3 heterocycles. The lowest BCUT2D eigenvalue weighted by molar-refractivity contribution is 0.0536. The van der Waals surface area contributed by atoms with Crippen molar-refractivity contribution in [1.29, 1.82) is 0 Å². The molecule has 1 unspecified atom stereocenters. The SMILES string of the molecule is NC(=O)c1ccccc1Nc1nc(-c2cccnc2)nc2ccc(OCC3COc4ccccc4O3)cc12. The number of hydrogen-bond acceptors (Lipinski definition) is 8. The van der Waals surface area contributed by atoms with E-state index in [1.807, 2.05) is 60.7 Å². The van der Waals surface area contributed by atoms with Gasteiger partial charge in [0.2, 0.25) is 0 Å². The van der Waals surface area contributed by atoms with Crippen LogP contribution in [0.1, 0.15) is 10.4 Å². The highest BCUT2D eigenvalue weighted by Gasteiger charge is 2.21. The minimum absolute atomic E-state index is 0.259. The van der Waals surface area contributed by atoms with E-state index >= 15 is 0 Å². The van der Waals surface area contributed by atoms with Crippen LogP contribution >= 0.6 is 0 Å². The highest BCUT2D eigenvalue weighted by Crippen LogP contribution is 2.33. The van der Waals surface area contributed by atoms with Gasteiger partial charge < -0.3 is 25.3 Å². The Hall–Kier alpha value is -5.18. The Kier molecular flexibility index (Phi) is 6.15. The number of benzene rings is 3. The van der Waals surface area contributed by atoms with Gasteiger partial charge in [-0.1, -0.05) is 24.3 Å². The van der Waals surface area contributed by atoms with Crippen LogP contribution < -0.4 is 25.3 Å². The number of para-hydroxylation sites is 3. The number of nitrogens with one attached hydrogen (secondary N) is 1. The van der Waals surface area contributed by atoms with Gasteiger partial charge in [-0.05, 0) is 54.6 Å². The van der Waals surface area contributed by atoms with Crippen molar-refractivity contribution in [3.05, 3.63) is 96.8 Å². The molecule has 0 saturated carbocycles. The molecule has 38 heavy (non-hydrogen) atoms. The normalized spacial score (nSPS) is 14.2. The number of amides is 1. The molecule has 1 atom stereocenters. The largest absolute Gasteiger partial charge is 0.490 e. The van der Waals surface area contributed by atoms with Gasteiger partial charge in [0, 0.05) is 23.3 Å². The Labute approximate surface area is 218 Å². The first-order valence-electron chi connectivity index (χ1n) is 12.0. The Morgan fingerprint density at radius 2 is 1.84 bits per heavy atom. The van der Waals surface area contributed by atoms with E-state index in [0.29, 0.717) is 58.5 Å². The monoisotopic (exact) mass is 505 g/mol. The predicted octanol–water partition coefficient (Wildman–Crippen LogP) is 4.75. The smallest absolute Gasteiger partial charge is 0.250 e. The van der Waals surface area contributed by atoms with Crippen molar-refractivity contribution in [2.75, 3.05) is 18.5 Å². The number of carbonyl (C=O) groups is 1. The summed E-state index contributed by atoms with van der Waals surface area (Å²) >= 11 is 0. The third-order valence-electron chi connectivity index (χ3n) is 6.04. The maximum atomic E-state index is 12.0. The molecule has 0 saturated heterocycles. The maximum absolute atomic E-state index is 12.0. The fraction of sp³-hybridized carbons (Fsp3) is 0.103. The number of fused-ring (bicyclic) bond motifs is 2. The molecule has 1 aliphatic rings. The van der Waals surface area contributed by atoms with Crippen LogP contribution in [0.25, 0.3) is 22.3 Å². The Bertz CT molecular complexity index is 1630. The maximum Gasteiger partial charge on any atom is 0.250 e. The molecule has 0 bridgehead atoms. The second kappa shape index (κ2) is 10.1. The standard InChI is InChI=1S/C29H23N5O4/c30-27(35)21-7-1-2-8-23(21)33-29-22-14-19(36-16-20-17-37-25-9-3-4-10-26(25)38-20)11-12-24(22)32-28(34-29)18-6-5-13-31-15-18/h1-15,20H,16-17H2,(H2,30,35)(H,32,33,34). The van der Waals surface area contributed by atoms with E-state index in [-0.39, 0.29) is 6.10 Å². The molecule has 0 aliphatic carbocycles. The van der Waals surface area contributed by atoms with Crippen molar-refractivity contribution < 1.29 is 19.0 Å². The van der Waals surface area contributed by atoms with Crippen molar-refractivity contribution in [2.24, 2.45) is 5.73 Å². The van der Waals surface area contributed by atoms with Crippen molar-refractivity contribution in [1.82, 2.24) is 15.0 Å². The number of primary amides is 1. The van der Waals surface area contributed by atoms with Crippen molar-refractivity contribution >= 4 is 28.3 Å². The van der Waals surface area contributed by atoms with Crippen LogP contribution in [-0.4, -0.2) is 40.2 Å². The number of nitrogens with zero attached hydrogens (tertiary/aromatic N) is 3. The zero-order valence-electron chi connectivity index (χ0n) is 20.2. The third-order valence-corrected chi connectivity index (χ3v) is 6.04. The van der Waals surface area contributed by atoms with Crippen LogP contribution in [0, 0.1) is 0 Å². The van der Waals surface area contributed by atoms with Gasteiger partial charge in [-0.2, -0.15) is 0 Å². The summed E-state index contributed by atoms with van der Waals surface area (Å²) in [6.45, 7) is 0.681. The summed E-state index contributed by atoms with van der Waals surface area (Å²) in [7, 11) is 0. The summed E-state index contributed by atoms with van der Waals surface area (Å²) in [5.74, 6) is 2.48. The minimum atomic E-state index is -0.542. The lowest BCUT2D eigenvalue weighted by Gasteiger charge is -2.26. The summed E-state index contributed by atoms with van der Waals surface area (Å²) in [5.41, 5.74) is 7.94. The number of nitrogens with two attached hydrogens (primary N) is 1. The number of rotatable bonds is 7. The molecule has 9 nitrogen and oxygen atoms in total. The molecule has 0 radical (unpaired) electrons. The van der Waals surface area contributed by atoms with Gasteiger partial charge in [0.25, 0.3) is 5.91 Å². The molecule has 3 N–H and O–H groups in total. The highest BCUT2D eigenvalue weighted by molar-refractivity contribution is 6.01. The van der Waals surface area contributed by atoms with Gasteiger partial charge in [0.15, 0.2) is 23.4 Å². The molecule has 1 amide bonds. The number of hydrogen-bond donors (Lipinski definition) is 2. The van der Waals surface area contributed by atoms with E-state index in [9.17, 15) is 4.79 Å². The Morgan fingerprint density at radius 3 is 2.68 bits per heavy atom. The molecular formula is C29H23N5O4. The molecule has 1 aliphatic heterocycles. The molecule has 0 fully saturated rings. The molecule has 188 valence electrons. The van der Waals surface area contributed by atoms with Gasteiger partial charge in [0.05, 0.1) is 16.8 Å². The number of ether oxygens (including phenoxy) is 3. The van der Waals surface area contributed by atoms with E-state index in [1.54, 1.807) is 30.6 Å². The summed E-state index contributed by atoms with van der Waals surface area (Å²) in [6, 6.07) is 23.8. The highest BCUT2D eigenvalue weighted by atomic mass is 16.6. The average molecular weight is 506 g/mol. The summed E-state index contributed by atoms with van der Waals surface area (Å²) in [4.78, 5) is 25.7. The zero-order valence-corrected chi connectivity index (χ0v) is 20.2. The summed E-state index contributed by atoms with van der Waals surface area (Å²) in [6.07, 6.45) is 3.13. The quantitative estimate of drug-likeness (QED) is 0.325. The van der Waals surface area contributed by atoms with Crippen LogP contribution in [0.2, 0.25) is 0 Å². The number of pyridine rings is 1. The molecule has 0 spiro atoms. The first-order valence-corrected chi connectivity index (χ1v) is 12.0. The van der Waals surface area contributed by atoms with Crippen LogP contribution in [0.15, 0.2) is 91.3 Å². The van der Waals surface area contributed by atoms with Crippen LogP contribution in [0.3, 0.4) is 0 Å². The molecule has 3 aromatic carbocycles. The van der Waals surface area contributed by atoms with Gasteiger partial charge in [-0.3, -0.25) is 9.78 Å². The van der Waals surface area contributed by atoms with Crippen molar-refractivity contribution in [3.8, 4) is 28.6 Å². The Balaban J connectivity index is 1.33. The topological polar surface area (TPSA) is 121 Å². The van der Waals surface area contributed by atoms with Gasteiger partial charge in [-0.15, -0.1) is 0 Å². The van der Waals surface area contributed by atoms with Gasteiger partial charge in [0.1, 0.15) is 24.8 Å². The lowest BCUT2D eigenvalue weighted by atomic mass is 10.1. The zero-order chi connectivity index (χ0) is 25.9. The van der Waals surface area contributed by atoms with Crippen LogP contribution in [0.4, 0.5) is 11.5 Å². The van der Waals surface area contributed by atoms with Crippen molar-refractivity contribution in [2.45, 2.75) is 6.10 Å². The number of anilines is 2. The first kappa shape index (κ1) is 23.2. The first-order chi connectivity index (χ1) is 18.6. The molecular weight excluding hydrogens is 482 g/mol. The van der Waals surface area contributed by atoms with Crippen molar-refractivity contribution in [3.63, 3.8) is 0 Å². The van der Waals surface area contributed by atoms with E-state index in [4.69, 9.17) is 29.9 Å². The Morgan fingerprint density at radius 1 is 1.00 bits per heavy atom. The fourth-order valence-electron chi connectivity index (χ4n) is 4.19. The van der Waals surface area contributed by atoms with Gasteiger partial charge in [-0.25, -0.2) is 9.97 Å². The number of carbonyl (C=O) groups excluding carboxylic acids is 1. The second-order valence-corrected chi connectivity index (χ2v) is 8.66. The van der Waals surface area contributed by atoms with E-state index in [1.165, 1.54) is 0 Å². The average Bonchev–Trinajstić information content (AvgIpc) is 2.96. The summed E-state index contributed by atoms with van der Waals surface area (Å²) in [5, 5.41) is 3.99. The van der Waals surface area contributed by atoms with E-state index in [0.717, 1.165) is 11.3 Å². The third kappa shape index (κ3) is 4.77. The van der Waals surface area contributed by atoms with E-state index in [2.05, 4.69) is 10.3 Å². The molecule has 2 aromatic heterocycles.